The SMILES string of the molecule is CCC(=O)N1CCCC1.CCC(=O)N1CCN(C)CC1.CCC(=O)N1CCOCC1. The van der Waals surface area contributed by atoms with E-state index in [1.807, 2.05) is 35.5 Å². The first-order valence-electron chi connectivity index (χ1n) is 11.5. The van der Waals surface area contributed by atoms with Gasteiger partial charge < -0.3 is 24.3 Å². The van der Waals surface area contributed by atoms with Gasteiger partial charge in [0.2, 0.25) is 17.7 Å². The minimum Gasteiger partial charge on any atom is -0.378 e. The van der Waals surface area contributed by atoms with E-state index in [-0.39, 0.29) is 11.8 Å². The van der Waals surface area contributed by atoms with Gasteiger partial charge in [0.1, 0.15) is 0 Å². The average Bonchev–Trinajstić information content (AvgIpc) is 3.34. The van der Waals surface area contributed by atoms with Gasteiger partial charge in [0.15, 0.2) is 0 Å². The van der Waals surface area contributed by atoms with Gasteiger partial charge in [-0.3, -0.25) is 14.4 Å². The number of carbonyl (C=O) groups excluding carboxylic acids is 3. The fourth-order valence-corrected chi connectivity index (χ4v) is 3.51. The van der Waals surface area contributed by atoms with Crippen molar-refractivity contribution in [2.24, 2.45) is 0 Å². The molecule has 3 saturated heterocycles. The van der Waals surface area contributed by atoms with Crippen molar-refractivity contribution in [2.75, 3.05) is 72.6 Å². The van der Waals surface area contributed by atoms with E-state index in [9.17, 15) is 14.4 Å². The first kappa shape index (κ1) is 26.4. The van der Waals surface area contributed by atoms with Crippen molar-refractivity contribution < 1.29 is 19.1 Å². The molecule has 3 fully saturated rings. The number of hydrogen-bond acceptors (Lipinski definition) is 5. The molecule has 3 aliphatic heterocycles. The smallest absolute Gasteiger partial charge is 0.222 e. The molecule has 8 nitrogen and oxygen atoms in total. The maximum Gasteiger partial charge on any atom is 0.222 e. The molecule has 0 saturated carbocycles. The Labute approximate surface area is 182 Å². The first-order chi connectivity index (χ1) is 14.4. The van der Waals surface area contributed by atoms with E-state index in [4.69, 9.17) is 4.74 Å². The van der Waals surface area contributed by atoms with Crippen LogP contribution >= 0.6 is 0 Å². The lowest BCUT2D eigenvalue weighted by atomic mass is 10.3. The van der Waals surface area contributed by atoms with Crippen LogP contribution in [0.3, 0.4) is 0 Å². The molecule has 0 aromatic carbocycles. The summed E-state index contributed by atoms with van der Waals surface area (Å²) in [5.41, 5.74) is 0. The van der Waals surface area contributed by atoms with E-state index in [0.717, 1.165) is 52.4 Å². The van der Waals surface area contributed by atoms with E-state index in [1.165, 1.54) is 12.8 Å². The zero-order chi connectivity index (χ0) is 22.4. The van der Waals surface area contributed by atoms with Gasteiger partial charge in [-0.05, 0) is 19.9 Å². The van der Waals surface area contributed by atoms with Crippen molar-refractivity contribution in [1.82, 2.24) is 19.6 Å². The molecule has 0 spiro atoms. The Bertz CT molecular complexity index is 509. The number of ether oxygens (including phenoxy) is 1. The summed E-state index contributed by atoms with van der Waals surface area (Å²) in [6.07, 6.45) is 4.32. The van der Waals surface area contributed by atoms with Crippen molar-refractivity contribution >= 4 is 17.7 Å². The normalized spacial score (nSPS) is 19.4. The second kappa shape index (κ2) is 15.2. The molecule has 3 aliphatic rings. The van der Waals surface area contributed by atoms with Gasteiger partial charge >= 0.3 is 0 Å². The summed E-state index contributed by atoms with van der Waals surface area (Å²) < 4.78 is 5.10. The molecule has 0 N–H and O–H groups in total. The van der Waals surface area contributed by atoms with Crippen molar-refractivity contribution in [3.8, 4) is 0 Å². The second-order valence-electron chi connectivity index (χ2n) is 7.83. The molecule has 174 valence electrons. The van der Waals surface area contributed by atoms with Crippen molar-refractivity contribution in [3.05, 3.63) is 0 Å². The molecule has 0 atom stereocenters. The molecular weight excluding hydrogens is 384 g/mol. The topological polar surface area (TPSA) is 73.4 Å². The van der Waals surface area contributed by atoms with Crippen LogP contribution in [-0.2, 0) is 19.1 Å². The minimum absolute atomic E-state index is 0.239. The van der Waals surface area contributed by atoms with E-state index in [0.29, 0.717) is 38.4 Å². The third kappa shape index (κ3) is 9.89. The summed E-state index contributed by atoms with van der Waals surface area (Å²) in [6, 6.07) is 0. The average molecular weight is 427 g/mol. The Balaban J connectivity index is 0.000000226. The molecular formula is C22H42N4O4. The van der Waals surface area contributed by atoms with Gasteiger partial charge in [0, 0.05) is 71.6 Å². The first-order valence-corrected chi connectivity index (χ1v) is 11.5. The van der Waals surface area contributed by atoms with Gasteiger partial charge in [-0.15, -0.1) is 0 Å². The summed E-state index contributed by atoms with van der Waals surface area (Å²) >= 11 is 0. The van der Waals surface area contributed by atoms with Crippen LogP contribution in [-0.4, -0.2) is 110 Å². The van der Waals surface area contributed by atoms with Crippen LogP contribution in [0.4, 0.5) is 0 Å². The van der Waals surface area contributed by atoms with Gasteiger partial charge in [-0.25, -0.2) is 0 Å². The third-order valence-electron chi connectivity index (χ3n) is 5.59. The van der Waals surface area contributed by atoms with E-state index < -0.39 is 0 Å². The van der Waals surface area contributed by atoms with Gasteiger partial charge in [0.25, 0.3) is 0 Å². The minimum atomic E-state index is 0.239. The number of piperazine rings is 1. The fourth-order valence-electron chi connectivity index (χ4n) is 3.51. The predicted molar refractivity (Wildman–Crippen MR) is 118 cm³/mol. The summed E-state index contributed by atoms with van der Waals surface area (Å²) in [6.45, 7) is 14.5. The van der Waals surface area contributed by atoms with Gasteiger partial charge in [0.05, 0.1) is 13.2 Å². The number of rotatable bonds is 3. The predicted octanol–water partition coefficient (Wildman–Crippen LogP) is 1.44. The Hall–Kier alpha value is -1.67. The highest BCUT2D eigenvalue weighted by Crippen LogP contribution is 2.08. The molecule has 0 unspecified atom stereocenters. The number of likely N-dealkylation sites (N-methyl/N-ethyl adjacent to an activating group) is 1. The zero-order valence-electron chi connectivity index (χ0n) is 19.5. The third-order valence-corrected chi connectivity index (χ3v) is 5.59. The van der Waals surface area contributed by atoms with E-state index >= 15 is 0 Å². The maximum absolute atomic E-state index is 11.2. The lowest BCUT2D eigenvalue weighted by molar-refractivity contribution is -0.135. The quantitative estimate of drug-likeness (QED) is 0.683. The summed E-state index contributed by atoms with van der Waals surface area (Å²) in [7, 11) is 2.09. The Morgan fingerprint density at radius 1 is 0.600 bits per heavy atom. The highest BCUT2D eigenvalue weighted by molar-refractivity contribution is 5.76. The summed E-state index contributed by atoms with van der Waals surface area (Å²) in [5.74, 6) is 0.842. The highest BCUT2D eigenvalue weighted by atomic mass is 16.5. The highest BCUT2D eigenvalue weighted by Gasteiger charge is 2.17. The Morgan fingerprint density at radius 2 is 0.967 bits per heavy atom. The van der Waals surface area contributed by atoms with Gasteiger partial charge in [-0.1, -0.05) is 20.8 Å². The van der Waals surface area contributed by atoms with E-state index in [1.54, 1.807) is 0 Å². The molecule has 3 rings (SSSR count). The fraction of sp³-hybridized carbons (Fsp3) is 0.864. The zero-order valence-corrected chi connectivity index (χ0v) is 19.5. The van der Waals surface area contributed by atoms with Crippen LogP contribution in [0.2, 0.25) is 0 Å². The molecule has 0 bridgehead atoms. The standard InChI is InChI=1S/C8H16N2O.C7H13NO2.C7H13NO/c1-3-8(11)10-6-4-9(2)5-7-10;1-2-7(9)8-3-5-10-6-4-8;1-2-7(9)8-5-3-4-6-8/h3-7H2,1-2H3;2-6H2,1H3;2-6H2,1H3. The van der Waals surface area contributed by atoms with Crippen LogP contribution in [0.25, 0.3) is 0 Å². The summed E-state index contributed by atoms with van der Waals surface area (Å²) in [5, 5.41) is 0. The largest absolute Gasteiger partial charge is 0.378 e. The van der Waals surface area contributed by atoms with Gasteiger partial charge in [-0.2, -0.15) is 0 Å². The Kier molecular flexibility index (Phi) is 13.3. The maximum atomic E-state index is 11.2. The second-order valence-corrected chi connectivity index (χ2v) is 7.83. The van der Waals surface area contributed by atoms with Crippen molar-refractivity contribution in [3.63, 3.8) is 0 Å². The molecule has 0 aromatic heterocycles. The number of amides is 3. The molecule has 0 aromatic rings. The van der Waals surface area contributed by atoms with Crippen molar-refractivity contribution in [2.45, 2.75) is 52.9 Å². The van der Waals surface area contributed by atoms with Crippen LogP contribution in [0.5, 0.6) is 0 Å². The van der Waals surface area contributed by atoms with E-state index in [2.05, 4.69) is 11.9 Å². The van der Waals surface area contributed by atoms with Crippen LogP contribution in [0.15, 0.2) is 0 Å². The summed E-state index contributed by atoms with van der Waals surface area (Å²) in [4.78, 5) is 41.1. The molecule has 3 heterocycles. The number of likely N-dealkylation sites (tertiary alicyclic amines) is 1. The molecule has 30 heavy (non-hydrogen) atoms. The lowest BCUT2D eigenvalue weighted by Crippen LogP contribution is -2.46. The number of hydrogen-bond donors (Lipinski definition) is 0. The molecule has 0 radical (unpaired) electrons. The van der Waals surface area contributed by atoms with Crippen molar-refractivity contribution in [1.29, 1.82) is 0 Å². The van der Waals surface area contributed by atoms with Crippen LogP contribution < -0.4 is 0 Å². The monoisotopic (exact) mass is 426 g/mol. The van der Waals surface area contributed by atoms with Crippen LogP contribution in [0.1, 0.15) is 52.9 Å². The number of nitrogens with zero attached hydrogens (tertiary/aromatic N) is 4. The Morgan fingerprint density at radius 3 is 1.37 bits per heavy atom. The molecule has 3 amide bonds. The lowest BCUT2D eigenvalue weighted by Gasteiger charge is -2.32. The number of carbonyl (C=O) groups is 3. The molecule has 8 heteroatoms. The van der Waals surface area contributed by atoms with Crippen LogP contribution in [0, 0.1) is 0 Å². The number of morpholine rings is 1. The molecule has 0 aliphatic carbocycles.